The standard InChI is InChI=1S/C20H17N3O3/c1-12(24)22-16-11-7-6-10-15(16)17-18(14-8-4-3-5-9-14)23(13(2)25)21-20(26)19(17)22/h3-11,18H,1-2H3,(H,21,26). The Morgan fingerprint density at radius 3 is 2.23 bits per heavy atom. The van der Waals surface area contributed by atoms with E-state index in [4.69, 9.17) is 0 Å². The van der Waals surface area contributed by atoms with E-state index in [-0.39, 0.29) is 17.5 Å². The van der Waals surface area contributed by atoms with Gasteiger partial charge in [-0.25, -0.2) is 5.01 Å². The number of hydrogen-bond donors (Lipinski definition) is 1. The van der Waals surface area contributed by atoms with Gasteiger partial charge in [-0.3, -0.25) is 24.4 Å². The van der Waals surface area contributed by atoms with Crippen LogP contribution < -0.4 is 5.43 Å². The van der Waals surface area contributed by atoms with Crippen molar-refractivity contribution in [2.24, 2.45) is 0 Å². The van der Waals surface area contributed by atoms with Gasteiger partial charge in [0.05, 0.1) is 5.52 Å². The molecule has 0 fully saturated rings. The van der Waals surface area contributed by atoms with Gasteiger partial charge in [0.25, 0.3) is 5.91 Å². The second-order valence-corrected chi connectivity index (χ2v) is 6.28. The number of amides is 2. The second kappa shape index (κ2) is 5.84. The molecule has 2 heterocycles. The molecule has 1 aliphatic rings. The van der Waals surface area contributed by atoms with Crippen LogP contribution >= 0.6 is 0 Å². The molecule has 0 aliphatic carbocycles. The van der Waals surface area contributed by atoms with E-state index in [1.165, 1.54) is 23.4 Å². The molecule has 0 bridgehead atoms. The van der Waals surface area contributed by atoms with Crippen molar-refractivity contribution >= 4 is 28.6 Å². The number of hydrogen-bond acceptors (Lipinski definition) is 3. The predicted molar refractivity (Wildman–Crippen MR) is 96.5 cm³/mol. The fourth-order valence-corrected chi connectivity index (χ4v) is 3.66. The number of hydrazine groups is 1. The molecule has 0 spiro atoms. The van der Waals surface area contributed by atoms with E-state index in [0.29, 0.717) is 11.1 Å². The van der Waals surface area contributed by atoms with Crippen LogP contribution in [0.5, 0.6) is 0 Å². The summed E-state index contributed by atoms with van der Waals surface area (Å²) in [4.78, 5) is 37.3. The monoisotopic (exact) mass is 347 g/mol. The normalized spacial score (nSPS) is 16.3. The molecule has 1 unspecified atom stereocenters. The van der Waals surface area contributed by atoms with Crippen molar-refractivity contribution in [3.8, 4) is 0 Å². The summed E-state index contributed by atoms with van der Waals surface area (Å²) in [5.41, 5.74) is 5.11. The number of fused-ring (bicyclic) bond motifs is 3. The van der Waals surface area contributed by atoms with E-state index < -0.39 is 11.9 Å². The molecule has 6 heteroatoms. The minimum atomic E-state index is -0.508. The first-order valence-corrected chi connectivity index (χ1v) is 8.30. The van der Waals surface area contributed by atoms with Gasteiger partial charge < -0.3 is 0 Å². The van der Waals surface area contributed by atoms with Crippen LogP contribution in [0.2, 0.25) is 0 Å². The van der Waals surface area contributed by atoms with Gasteiger partial charge >= 0.3 is 0 Å². The minimum absolute atomic E-state index is 0.249. The van der Waals surface area contributed by atoms with Crippen LogP contribution in [0, 0.1) is 0 Å². The summed E-state index contributed by atoms with van der Waals surface area (Å²) in [7, 11) is 0. The van der Waals surface area contributed by atoms with Gasteiger partial charge in [-0.2, -0.15) is 0 Å². The van der Waals surface area contributed by atoms with Crippen LogP contribution in [0.15, 0.2) is 54.6 Å². The summed E-state index contributed by atoms with van der Waals surface area (Å²) in [5.74, 6) is -0.994. The molecular weight excluding hydrogens is 330 g/mol. The zero-order valence-corrected chi connectivity index (χ0v) is 14.4. The van der Waals surface area contributed by atoms with Gasteiger partial charge in [0.15, 0.2) is 0 Å². The van der Waals surface area contributed by atoms with Crippen molar-refractivity contribution in [1.29, 1.82) is 0 Å². The van der Waals surface area contributed by atoms with Crippen LogP contribution in [0.3, 0.4) is 0 Å². The first-order valence-electron chi connectivity index (χ1n) is 8.30. The van der Waals surface area contributed by atoms with Gasteiger partial charge in [-0.05, 0) is 11.6 Å². The Kier molecular flexibility index (Phi) is 3.61. The zero-order chi connectivity index (χ0) is 18.4. The number of aromatic nitrogens is 1. The highest BCUT2D eigenvalue weighted by molar-refractivity contribution is 6.09. The molecule has 1 aromatic heterocycles. The van der Waals surface area contributed by atoms with Gasteiger partial charge in [0, 0.05) is 24.8 Å². The number of benzene rings is 2. The van der Waals surface area contributed by atoms with Crippen LogP contribution in [0.25, 0.3) is 10.9 Å². The smallest absolute Gasteiger partial charge is 0.275 e. The Balaban J connectivity index is 2.12. The van der Waals surface area contributed by atoms with E-state index in [1.807, 2.05) is 54.6 Å². The Hall–Kier alpha value is -3.41. The molecule has 1 N–H and O–H groups in total. The number of nitrogens with zero attached hydrogens (tertiary/aromatic N) is 2. The molecule has 2 amide bonds. The number of para-hydroxylation sites is 1. The molecule has 0 saturated heterocycles. The molecule has 2 aromatic carbocycles. The fourth-order valence-electron chi connectivity index (χ4n) is 3.66. The van der Waals surface area contributed by atoms with Crippen LogP contribution in [-0.2, 0) is 4.79 Å². The molecule has 6 nitrogen and oxygen atoms in total. The molecule has 1 aliphatic heterocycles. The van der Waals surface area contributed by atoms with Gasteiger partial charge in [0.2, 0.25) is 11.8 Å². The van der Waals surface area contributed by atoms with Crippen molar-refractivity contribution in [1.82, 2.24) is 15.0 Å². The zero-order valence-electron chi connectivity index (χ0n) is 14.4. The van der Waals surface area contributed by atoms with Crippen molar-refractivity contribution < 1.29 is 14.4 Å². The Labute approximate surface area is 150 Å². The lowest BCUT2D eigenvalue weighted by Gasteiger charge is -2.35. The average molecular weight is 347 g/mol. The van der Waals surface area contributed by atoms with E-state index in [2.05, 4.69) is 5.43 Å². The molecule has 130 valence electrons. The van der Waals surface area contributed by atoms with Crippen LogP contribution in [0.1, 0.15) is 46.3 Å². The summed E-state index contributed by atoms with van der Waals surface area (Å²) in [6.07, 6.45) is 0. The quantitative estimate of drug-likeness (QED) is 0.736. The largest absolute Gasteiger partial charge is 0.287 e. The molecule has 0 saturated carbocycles. The third-order valence-corrected chi connectivity index (χ3v) is 4.65. The Bertz CT molecular complexity index is 1050. The maximum absolute atomic E-state index is 12.8. The predicted octanol–water partition coefficient (Wildman–Crippen LogP) is 2.90. The van der Waals surface area contributed by atoms with Crippen LogP contribution in [0.4, 0.5) is 0 Å². The average Bonchev–Trinajstić information content (AvgIpc) is 2.98. The topological polar surface area (TPSA) is 71.4 Å². The van der Waals surface area contributed by atoms with Crippen molar-refractivity contribution in [3.05, 3.63) is 71.4 Å². The van der Waals surface area contributed by atoms with E-state index in [0.717, 1.165) is 10.9 Å². The molecule has 26 heavy (non-hydrogen) atoms. The van der Waals surface area contributed by atoms with Gasteiger partial charge in [0.1, 0.15) is 11.7 Å². The SMILES string of the molecule is CC(=O)N1NC(=O)c2c(c3ccccc3n2C(C)=O)C1c1ccccc1. The third kappa shape index (κ3) is 2.23. The maximum atomic E-state index is 12.8. The van der Waals surface area contributed by atoms with Crippen LogP contribution in [-0.4, -0.2) is 27.3 Å². The molecule has 0 radical (unpaired) electrons. The number of carbonyl (C=O) groups is 3. The summed E-state index contributed by atoms with van der Waals surface area (Å²) >= 11 is 0. The summed E-state index contributed by atoms with van der Waals surface area (Å²) in [6, 6.07) is 16.3. The summed E-state index contributed by atoms with van der Waals surface area (Å²) < 4.78 is 1.42. The highest BCUT2D eigenvalue weighted by atomic mass is 16.2. The van der Waals surface area contributed by atoms with E-state index >= 15 is 0 Å². The maximum Gasteiger partial charge on any atom is 0.287 e. The van der Waals surface area contributed by atoms with E-state index in [9.17, 15) is 14.4 Å². The number of nitrogens with one attached hydrogen (secondary N) is 1. The fraction of sp³-hybridized carbons (Fsp3) is 0.150. The van der Waals surface area contributed by atoms with Crippen molar-refractivity contribution in [2.75, 3.05) is 0 Å². The molecule has 1 atom stereocenters. The lowest BCUT2D eigenvalue weighted by molar-refractivity contribution is -0.133. The minimum Gasteiger partial charge on any atom is -0.275 e. The third-order valence-electron chi connectivity index (χ3n) is 4.65. The van der Waals surface area contributed by atoms with Crippen molar-refractivity contribution in [3.63, 3.8) is 0 Å². The van der Waals surface area contributed by atoms with Gasteiger partial charge in [-0.1, -0.05) is 48.5 Å². The molecule has 3 aromatic rings. The Morgan fingerprint density at radius 2 is 1.58 bits per heavy atom. The highest BCUT2D eigenvalue weighted by Crippen LogP contribution is 2.39. The highest BCUT2D eigenvalue weighted by Gasteiger charge is 2.39. The second-order valence-electron chi connectivity index (χ2n) is 6.28. The lowest BCUT2D eigenvalue weighted by atomic mass is 9.93. The first kappa shape index (κ1) is 16.1. The van der Waals surface area contributed by atoms with E-state index in [1.54, 1.807) is 0 Å². The summed E-state index contributed by atoms with van der Waals surface area (Å²) in [5, 5.41) is 2.12. The number of rotatable bonds is 1. The summed E-state index contributed by atoms with van der Waals surface area (Å²) in [6.45, 7) is 2.83. The van der Waals surface area contributed by atoms with Crippen molar-refractivity contribution in [2.45, 2.75) is 19.9 Å². The Morgan fingerprint density at radius 1 is 0.923 bits per heavy atom. The lowest BCUT2D eigenvalue weighted by Crippen LogP contribution is -2.52. The first-order chi connectivity index (χ1) is 12.5. The number of carbonyl (C=O) groups excluding carboxylic acids is 3. The molecular formula is C20H17N3O3. The molecule has 4 rings (SSSR count). The van der Waals surface area contributed by atoms with Gasteiger partial charge in [-0.15, -0.1) is 0 Å².